The Labute approximate surface area is 128 Å². The lowest BCUT2D eigenvalue weighted by atomic mass is 10.0. The van der Waals surface area contributed by atoms with E-state index < -0.39 is 17.9 Å². The highest BCUT2D eigenvalue weighted by molar-refractivity contribution is 5.90. The zero-order chi connectivity index (χ0) is 16.5. The standard InChI is InChI=1S/C16H19NO5/c1-3-5-14(17)12-6-4-7-13(10-12)16(20)21-9-8-15(19)22-11(2)18/h3-4,6-7,10,14H,1,5,8-9,17H2,2H3/t14-/m1/s1. The molecule has 0 unspecified atom stereocenters. The van der Waals surface area contributed by atoms with Crippen molar-refractivity contribution in [2.24, 2.45) is 5.73 Å². The minimum atomic E-state index is -0.734. The van der Waals surface area contributed by atoms with Crippen molar-refractivity contribution in [3.63, 3.8) is 0 Å². The molecular weight excluding hydrogens is 286 g/mol. The van der Waals surface area contributed by atoms with Crippen LogP contribution in [0.25, 0.3) is 0 Å². The summed E-state index contributed by atoms with van der Waals surface area (Å²) in [7, 11) is 0. The van der Waals surface area contributed by atoms with Crippen LogP contribution in [0.2, 0.25) is 0 Å². The molecule has 0 aliphatic heterocycles. The Balaban J connectivity index is 2.55. The average molecular weight is 305 g/mol. The highest BCUT2D eigenvalue weighted by atomic mass is 16.6. The molecule has 0 bridgehead atoms. The number of benzene rings is 1. The van der Waals surface area contributed by atoms with E-state index in [4.69, 9.17) is 10.5 Å². The van der Waals surface area contributed by atoms with Crippen LogP contribution >= 0.6 is 0 Å². The van der Waals surface area contributed by atoms with E-state index in [1.54, 1.807) is 24.3 Å². The van der Waals surface area contributed by atoms with Gasteiger partial charge in [-0.1, -0.05) is 18.2 Å². The zero-order valence-electron chi connectivity index (χ0n) is 12.4. The van der Waals surface area contributed by atoms with E-state index in [0.717, 1.165) is 12.5 Å². The van der Waals surface area contributed by atoms with Crippen molar-refractivity contribution in [3.05, 3.63) is 48.0 Å². The smallest absolute Gasteiger partial charge is 0.338 e. The molecule has 1 rings (SSSR count). The second-order valence-corrected chi connectivity index (χ2v) is 4.61. The number of hydrogen-bond acceptors (Lipinski definition) is 6. The third-order valence-electron chi connectivity index (χ3n) is 2.77. The molecule has 6 heteroatoms. The van der Waals surface area contributed by atoms with Crippen LogP contribution in [0.4, 0.5) is 0 Å². The van der Waals surface area contributed by atoms with E-state index in [1.807, 2.05) is 6.07 Å². The molecule has 0 spiro atoms. The predicted molar refractivity (Wildman–Crippen MR) is 79.9 cm³/mol. The summed E-state index contributed by atoms with van der Waals surface area (Å²) >= 11 is 0. The van der Waals surface area contributed by atoms with Gasteiger partial charge in [0, 0.05) is 13.0 Å². The van der Waals surface area contributed by atoms with Crippen molar-refractivity contribution in [2.75, 3.05) is 6.61 Å². The molecule has 0 aromatic heterocycles. The van der Waals surface area contributed by atoms with Crippen LogP contribution in [-0.4, -0.2) is 24.5 Å². The number of esters is 3. The topological polar surface area (TPSA) is 95.7 Å². The van der Waals surface area contributed by atoms with Gasteiger partial charge in [0.1, 0.15) is 6.61 Å². The number of nitrogens with two attached hydrogens (primary N) is 1. The van der Waals surface area contributed by atoms with E-state index in [1.165, 1.54) is 0 Å². The lowest BCUT2D eigenvalue weighted by Gasteiger charge is -2.11. The molecule has 2 N–H and O–H groups in total. The maximum absolute atomic E-state index is 11.9. The van der Waals surface area contributed by atoms with E-state index in [-0.39, 0.29) is 19.1 Å². The summed E-state index contributed by atoms with van der Waals surface area (Å²) in [6.45, 7) is 4.59. The molecule has 6 nitrogen and oxygen atoms in total. The minimum Gasteiger partial charge on any atom is -0.461 e. The monoisotopic (exact) mass is 305 g/mol. The van der Waals surface area contributed by atoms with Gasteiger partial charge >= 0.3 is 17.9 Å². The molecule has 1 aromatic rings. The maximum atomic E-state index is 11.9. The van der Waals surface area contributed by atoms with Gasteiger partial charge < -0.3 is 15.2 Å². The van der Waals surface area contributed by atoms with Gasteiger partial charge in [0.25, 0.3) is 0 Å². The molecule has 22 heavy (non-hydrogen) atoms. The fourth-order valence-electron chi connectivity index (χ4n) is 1.73. The Bertz CT molecular complexity index is 567. The molecule has 0 radical (unpaired) electrons. The lowest BCUT2D eigenvalue weighted by Crippen LogP contribution is -2.15. The van der Waals surface area contributed by atoms with Crippen molar-refractivity contribution in [3.8, 4) is 0 Å². The largest absolute Gasteiger partial charge is 0.461 e. The number of rotatable bonds is 7. The molecule has 118 valence electrons. The van der Waals surface area contributed by atoms with E-state index in [9.17, 15) is 14.4 Å². The first kappa shape index (κ1) is 17.6. The quantitative estimate of drug-likeness (QED) is 0.469. The maximum Gasteiger partial charge on any atom is 0.338 e. The fourth-order valence-corrected chi connectivity index (χ4v) is 1.73. The van der Waals surface area contributed by atoms with Crippen molar-refractivity contribution in [1.82, 2.24) is 0 Å². The summed E-state index contributed by atoms with van der Waals surface area (Å²) in [4.78, 5) is 33.6. The van der Waals surface area contributed by atoms with Gasteiger partial charge in [-0.25, -0.2) is 4.79 Å². The Morgan fingerprint density at radius 3 is 2.73 bits per heavy atom. The average Bonchev–Trinajstić information content (AvgIpc) is 2.46. The minimum absolute atomic E-state index is 0.159. The molecule has 1 atom stereocenters. The van der Waals surface area contributed by atoms with Gasteiger partial charge in [0.05, 0.1) is 12.0 Å². The van der Waals surface area contributed by atoms with E-state index >= 15 is 0 Å². The van der Waals surface area contributed by atoms with Crippen LogP contribution in [0.3, 0.4) is 0 Å². The molecule has 0 saturated heterocycles. The van der Waals surface area contributed by atoms with Gasteiger partial charge in [-0.15, -0.1) is 6.58 Å². The molecule has 0 aliphatic rings. The second-order valence-electron chi connectivity index (χ2n) is 4.61. The van der Waals surface area contributed by atoms with Gasteiger partial charge in [0.15, 0.2) is 0 Å². The third-order valence-corrected chi connectivity index (χ3v) is 2.77. The zero-order valence-corrected chi connectivity index (χ0v) is 12.4. The van der Waals surface area contributed by atoms with Crippen LogP contribution in [0.1, 0.15) is 41.7 Å². The van der Waals surface area contributed by atoms with Gasteiger partial charge in [-0.05, 0) is 24.1 Å². The van der Waals surface area contributed by atoms with Crippen molar-refractivity contribution in [1.29, 1.82) is 0 Å². The summed E-state index contributed by atoms with van der Waals surface area (Å²) in [6, 6.07) is 6.52. The van der Waals surface area contributed by atoms with E-state index in [0.29, 0.717) is 12.0 Å². The van der Waals surface area contributed by atoms with Crippen LogP contribution in [0.15, 0.2) is 36.9 Å². The Kier molecular flexibility index (Phi) is 6.98. The molecule has 0 fully saturated rings. The van der Waals surface area contributed by atoms with Crippen molar-refractivity contribution >= 4 is 17.9 Å². The van der Waals surface area contributed by atoms with Crippen LogP contribution in [-0.2, 0) is 19.1 Å². The van der Waals surface area contributed by atoms with Gasteiger partial charge in [-0.2, -0.15) is 0 Å². The highest BCUT2D eigenvalue weighted by Gasteiger charge is 2.12. The first-order valence-electron chi connectivity index (χ1n) is 6.79. The summed E-state index contributed by atoms with van der Waals surface area (Å²) in [5, 5.41) is 0. The number of ether oxygens (including phenoxy) is 2. The number of hydrogen-bond donors (Lipinski definition) is 1. The number of carbonyl (C=O) groups is 3. The number of carbonyl (C=O) groups excluding carboxylic acids is 3. The van der Waals surface area contributed by atoms with Gasteiger partial charge in [0.2, 0.25) is 0 Å². The van der Waals surface area contributed by atoms with Crippen molar-refractivity contribution < 1.29 is 23.9 Å². The molecule has 0 amide bonds. The normalized spacial score (nSPS) is 11.4. The SMILES string of the molecule is C=CC[C@@H](N)c1cccc(C(=O)OCCC(=O)OC(C)=O)c1. The third kappa shape index (κ3) is 5.88. The predicted octanol–water partition coefficient (Wildman–Crippen LogP) is 1.90. The highest BCUT2D eigenvalue weighted by Crippen LogP contribution is 2.16. The summed E-state index contributed by atoms with van der Waals surface area (Å²) in [5.41, 5.74) is 7.09. The first-order valence-corrected chi connectivity index (χ1v) is 6.79. The van der Waals surface area contributed by atoms with Crippen molar-refractivity contribution in [2.45, 2.75) is 25.8 Å². The summed E-state index contributed by atoms with van der Waals surface area (Å²) in [6.07, 6.45) is 2.12. The van der Waals surface area contributed by atoms with Crippen LogP contribution in [0, 0.1) is 0 Å². The van der Waals surface area contributed by atoms with Crippen LogP contribution < -0.4 is 5.73 Å². The Morgan fingerprint density at radius 1 is 1.36 bits per heavy atom. The lowest BCUT2D eigenvalue weighted by molar-refractivity contribution is -0.158. The molecular formula is C16H19NO5. The molecule has 0 aliphatic carbocycles. The molecule has 0 heterocycles. The first-order chi connectivity index (χ1) is 10.4. The Hall–Kier alpha value is -2.47. The molecule has 1 aromatic carbocycles. The molecule has 0 saturated carbocycles. The summed E-state index contributed by atoms with van der Waals surface area (Å²) < 4.78 is 9.28. The van der Waals surface area contributed by atoms with E-state index in [2.05, 4.69) is 11.3 Å². The summed E-state index contributed by atoms with van der Waals surface area (Å²) in [5.74, 6) is -1.99. The fraction of sp³-hybridized carbons (Fsp3) is 0.312. The second kappa shape index (κ2) is 8.74. The Morgan fingerprint density at radius 2 is 2.09 bits per heavy atom. The van der Waals surface area contributed by atoms with Gasteiger partial charge in [-0.3, -0.25) is 9.59 Å². The van der Waals surface area contributed by atoms with Crippen LogP contribution in [0.5, 0.6) is 0 Å².